The Morgan fingerprint density at radius 2 is 2.04 bits per heavy atom. The van der Waals surface area contributed by atoms with Gasteiger partial charge in [0, 0.05) is 16.6 Å². The summed E-state index contributed by atoms with van der Waals surface area (Å²) in [5.41, 5.74) is 1.40. The summed E-state index contributed by atoms with van der Waals surface area (Å²) < 4.78 is 16.0. The lowest BCUT2D eigenvalue weighted by Crippen LogP contribution is -2.45. The smallest absolute Gasteiger partial charge is 0.338 e. The standard InChI is InChI=1S/C17H21BrN2O5/c1-10-14(16(21)25-8-4-7-18)15(20-17(22)19-10)12-9-11(23-2)5-6-13(12)24-3/h5-6,9,15H,4,7-8H2,1-3H3,(H2,19,20,22). The quantitative estimate of drug-likeness (QED) is 0.408. The van der Waals surface area contributed by atoms with Crippen LogP contribution in [0.25, 0.3) is 0 Å². The van der Waals surface area contributed by atoms with Crippen molar-refractivity contribution < 1.29 is 23.8 Å². The molecular formula is C17H21BrN2O5. The lowest BCUT2D eigenvalue weighted by molar-refractivity contribution is -0.139. The van der Waals surface area contributed by atoms with E-state index in [1.807, 2.05) is 0 Å². The molecule has 1 aliphatic heterocycles. The number of carbonyl (C=O) groups excluding carboxylic acids is 2. The third-order valence-corrected chi connectivity index (χ3v) is 4.31. The number of hydrogen-bond acceptors (Lipinski definition) is 5. The molecule has 2 amide bonds. The fourth-order valence-corrected chi connectivity index (χ4v) is 2.79. The number of esters is 1. The molecule has 0 aliphatic carbocycles. The Hall–Kier alpha value is -2.22. The van der Waals surface area contributed by atoms with Crippen LogP contribution in [-0.2, 0) is 9.53 Å². The Morgan fingerprint density at radius 1 is 1.28 bits per heavy atom. The van der Waals surface area contributed by atoms with E-state index in [4.69, 9.17) is 14.2 Å². The first kappa shape index (κ1) is 19.1. The maximum Gasteiger partial charge on any atom is 0.338 e. The summed E-state index contributed by atoms with van der Waals surface area (Å²) in [7, 11) is 3.07. The van der Waals surface area contributed by atoms with E-state index in [0.717, 1.165) is 5.33 Å². The van der Waals surface area contributed by atoms with E-state index in [1.165, 1.54) is 7.11 Å². The van der Waals surface area contributed by atoms with Crippen molar-refractivity contribution in [1.29, 1.82) is 0 Å². The number of urea groups is 1. The average Bonchev–Trinajstić information content (AvgIpc) is 2.60. The third kappa shape index (κ3) is 4.45. The highest BCUT2D eigenvalue weighted by atomic mass is 79.9. The predicted octanol–water partition coefficient (Wildman–Crippen LogP) is 2.66. The molecule has 2 rings (SSSR count). The summed E-state index contributed by atoms with van der Waals surface area (Å²) in [6.07, 6.45) is 0.699. The van der Waals surface area contributed by atoms with E-state index < -0.39 is 18.0 Å². The average molecular weight is 413 g/mol. The lowest BCUT2D eigenvalue weighted by Gasteiger charge is -2.29. The highest BCUT2D eigenvalue weighted by Gasteiger charge is 2.34. The highest BCUT2D eigenvalue weighted by molar-refractivity contribution is 9.09. The number of allylic oxidation sites excluding steroid dienone is 1. The number of halogens is 1. The number of rotatable bonds is 7. The third-order valence-electron chi connectivity index (χ3n) is 3.75. The Bertz CT molecular complexity index is 690. The van der Waals surface area contributed by atoms with Gasteiger partial charge in [0.05, 0.1) is 32.4 Å². The summed E-state index contributed by atoms with van der Waals surface area (Å²) in [4.78, 5) is 24.5. The number of nitrogens with one attached hydrogen (secondary N) is 2. The molecule has 0 bridgehead atoms. The van der Waals surface area contributed by atoms with Crippen molar-refractivity contribution in [2.45, 2.75) is 19.4 Å². The summed E-state index contributed by atoms with van der Waals surface area (Å²) in [5.74, 6) is 0.639. The van der Waals surface area contributed by atoms with Crippen molar-refractivity contribution >= 4 is 27.9 Å². The van der Waals surface area contributed by atoms with Gasteiger partial charge in [0.25, 0.3) is 0 Å². The van der Waals surface area contributed by atoms with Crippen molar-refractivity contribution in [2.75, 3.05) is 26.2 Å². The number of hydrogen-bond donors (Lipinski definition) is 2. The highest BCUT2D eigenvalue weighted by Crippen LogP contribution is 2.35. The minimum atomic E-state index is -0.699. The maximum absolute atomic E-state index is 12.6. The van der Waals surface area contributed by atoms with Gasteiger partial charge < -0.3 is 24.8 Å². The second-order valence-corrected chi connectivity index (χ2v) is 6.15. The predicted molar refractivity (Wildman–Crippen MR) is 96.0 cm³/mol. The molecule has 0 saturated carbocycles. The van der Waals surface area contributed by atoms with Crippen molar-refractivity contribution in [3.05, 3.63) is 35.0 Å². The second kappa shape index (κ2) is 8.75. The van der Waals surface area contributed by atoms with Gasteiger partial charge in [0.1, 0.15) is 11.5 Å². The van der Waals surface area contributed by atoms with Gasteiger partial charge in [-0.05, 0) is 31.5 Å². The topological polar surface area (TPSA) is 85.9 Å². The molecule has 1 aliphatic rings. The first-order valence-electron chi connectivity index (χ1n) is 7.75. The Morgan fingerprint density at radius 3 is 2.68 bits per heavy atom. The van der Waals surface area contributed by atoms with Crippen molar-refractivity contribution in [3.63, 3.8) is 0 Å². The second-order valence-electron chi connectivity index (χ2n) is 5.36. The normalized spacial score (nSPS) is 16.8. The molecule has 0 saturated heterocycles. The van der Waals surface area contributed by atoms with Gasteiger partial charge in [-0.2, -0.15) is 0 Å². The van der Waals surface area contributed by atoms with E-state index in [1.54, 1.807) is 32.2 Å². The fraction of sp³-hybridized carbons (Fsp3) is 0.412. The molecule has 8 heteroatoms. The van der Waals surface area contributed by atoms with Crippen LogP contribution in [0.3, 0.4) is 0 Å². The first-order chi connectivity index (χ1) is 12.0. The number of carbonyl (C=O) groups is 2. The van der Waals surface area contributed by atoms with Gasteiger partial charge >= 0.3 is 12.0 Å². The van der Waals surface area contributed by atoms with Crippen LogP contribution in [0.1, 0.15) is 24.9 Å². The van der Waals surface area contributed by atoms with E-state index >= 15 is 0 Å². The van der Waals surface area contributed by atoms with Crippen LogP contribution in [0.15, 0.2) is 29.5 Å². The monoisotopic (exact) mass is 412 g/mol. The van der Waals surface area contributed by atoms with Gasteiger partial charge in [-0.15, -0.1) is 0 Å². The number of benzene rings is 1. The van der Waals surface area contributed by atoms with Gasteiger partial charge in [0.15, 0.2) is 0 Å². The molecule has 0 radical (unpaired) electrons. The molecule has 1 atom stereocenters. The van der Waals surface area contributed by atoms with Crippen LogP contribution in [0.4, 0.5) is 4.79 Å². The summed E-state index contributed by atoms with van der Waals surface area (Å²) in [6.45, 7) is 1.95. The maximum atomic E-state index is 12.6. The minimum absolute atomic E-state index is 0.288. The zero-order valence-electron chi connectivity index (χ0n) is 14.3. The van der Waals surface area contributed by atoms with Crippen molar-refractivity contribution in [2.24, 2.45) is 0 Å². The molecule has 25 heavy (non-hydrogen) atoms. The zero-order chi connectivity index (χ0) is 18.4. The summed E-state index contributed by atoms with van der Waals surface area (Å²) >= 11 is 3.30. The lowest BCUT2D eigenvalue weighted by atomic mass is 9.94. The minimum Gasteiger partial charge on any atom is -0.497 e. The Kier molecular flexibility index (Phi) is 6.69. The van der Waals surface area contributed by atoms with Crippen molar-refractivity contribution in [1.82, 2.24) is 10.6 Å². The molecule has 7 nitrogen and oxygen atoms in total. The molecule has 136 valence electrons. The molecular weight excluding hydrogens is 392 g/mol. The molecule has 1 unspecified atom stereocenters. The number of methoxy groups -OCH3 is 2. The van der Waals surface area contributed by atoms with Crippen LogP contribution in [0.5, 0.6) is 11.5 Å². The van der Waals surface area contributed by atoms with Crippen molar-refractivity contribution in [3.8, 4) is 11.5 Å². The molecule has 0 spiro atoms. The Labute approximate surface area is 154 Å². The summed E-state index contributed by atoms with van der Waals surface area (Å²) in [5, 5.41) is 6.11. The van der Waals surface area contributed by atoms with Gasteiger partial charge in [0.2, 0.25) is 0 Å². The molecule has 1 heterocycles. The van der Waals surface area contributed by atoms with E-state index in [-0.39, 0.29) is 6.61 Å². The molecule has 2 N–H and O–H groups in total. The zero-order valence-corrected chi connectivity index (χ0v) is 15.9. The van der Waals surface area contributed by atoms with E-state index in [0.29, 0.717) is 34.8 Å². The van der Waals surface area contributed by atoms with Gasteiger partial charge in [-0.25, -0.2) is 9.59 Å². The molecule has 1 aromatic carbocycles. The van der Waals surface area contributed by atoms with Gasteiger partial charge in [-0.1, -0.05) is 15.9 Å². The van der Waals surface area contributed by atoms with Crippen LogP contribution >= 0.6 is 15.9 Å². The van der Waals surface area contributed by atoms with E-state index in [9.17, 15) is 9.59 Å². The first-order valence-corrected chi connectivity index (χ1v) is 8.87. The Balaban J connectivity index is 2.44. The van der Waals surface area contributed by atoms with E-state index in [2.05, 4.69) is 26.6 Å². The fourth-order valence-electron chi connectivity index (χ4n) is 2.56. The van der Waals surface area contributed by atoms with Crippen LogP contribution in [-0.4, -0.2) is 38.2 Å². The summed E-state index contributed by atoms with van der Waals surface area (Å²) in [6, 6.07) is 4.11. The van der Waals surface area contributed by atoms with Gasteiger partial charge in [-0.3, -0.25) is 0 Å². The number of alkyl halides is 1. The number of ether oxygens (including phenoxy) is 3. The molecule has 0 aromatic heterocycles. The number of amides is 2. The van der Waals surface area contributed by atoms with Crippen LogP contribution in [0.2, 0.25) is 0 Å². The molecule has 0 fully saturated rings. The SMILES string of the molecule is COc1ccc(OC)c(C2NC(=O)NC(C)=C2C(=O)OCCCBr)c1. The molecule has 1 aromatic rings. The largest absolute Gasteiger partial charge is 0.497 e. The van der Waals surface area contributed by atoms with Crippen LogP contribution in [0, 0.1) is 0 Å². The van der Waals surface area contributed by atoms with Crippen LogP contribution < -0.4 is 20.1 Å².